The van der Waals surface area contributed by atoms with Crippen LogP contribution in [0.4, 0.5) is 4.39 Å². The Hall–Kier alpha value is -1.19. The molecule has 0 N–H and O–H groups in total. The van der Waals surface area contributed by atoms with Gasteiger partial charge in [-0.15, -0.1) is 0 Å². The summed E-state index contributed by atoms with van der Waals surface area (Å²) in [6, 6.07) is 6.02. The van der Waals surface area contributed by atoms with Crippen LogP contribution in [0.15, 0.2) is 24.3 Å². The first-order valence-electron chi connectivity index (χ1n) is 5.48. The van der Waals surface area contributed by atoms with Gasteiger partial charge < -0.3 is 0 Å². The van der Waals surface area contributed by atoms with Gasteiger partial charge in [0.25, 0.3) is 0 Å². The molecule has 0 atom stereocenters. The zero-order valence-electron chi connectivity index (χ0n) is 9.92. The molecule has 1 aromatic heterocycles. The van der Waals surface area contributed by atoms with Gasteiger partial charge in [-0.05, 0) is 17.7 Å². The number of aromatic nitrogens is 2. The summed E-state index contributed by atoms with van der Waals surface area (Å²) in [5, 5.41) is 0.480. The van der Waals surface area contributed by atoms with E-state index in [1.165, 1.54) is 12.1 Å². The van der Waals surface area contributed by atoms with Crippen molar-refractivity contribution >= 4 is 23.2 Å². The summed E-state index contributed by atoms with van der Waals surface area (Å²) in [4.78, 5) is 8.37. The summed E-state index contributed by atoms with van der Waals surface area (Å²) in [5.41, 5.74) is 1.03. The normalized spacial score (nSPS) is 11.0. The lowest BCUT2D eigenvalue weighted by molar-refractivity contribution is 0.628. The highest BCUT2D eigenvalue weighted by molar-refractivity contribution is 6.37. The molecule has 1 heterocycles. The number of rotatable bonds is 2. The van der Waals surface area contributed by atoms with Crippen molar-refractivity contribution in [2.45, 2.75) is 19.8 Å². The molecule has 0 amide bonds. The van der Waals surface area contributed by atoms with Gasteiger partial charge in [0.15, 0.2) is 0 Å². The van der Waals surface area contributed by atoms with Gasteiger partial charge in [0.2, 0.25) is 0 Å². The van der Waals surface area contributed by atoms with Gasteiger partial charge in [-0.25, -0.2) is 14.4 Å². The van der Waals surface area contributed by atoms with Crippen LogP contribution in [-0.4, -0.2) is 9.97 Å². The molecule has 0 aliphatic rings. The Balaban J connectivity index is 2.59. The third-order valence-corrected chi connectivity index (χ3v) is 3.01. The van der Waals surface area contributed by atoms with E-state index in [0.717, 1.165) is 0 Å². The maximum absolute atomic E-state index is 13.2. The van der Waals surface area contributed by atoms with Crippen LogP contribution in [0.3, 0.4) is 0 Å². The molecule has 0 saturated heterocycles. The van der Waals surface area contributed by atoms with Gasteiger partial charge in [-0.1, -0.05) is 49.2 Å². The van der Waals surface area contributed by atoms with E-state index >= 15 is 0 Å². The first kappa shape index (κ1) is 13.2. The van der Waals surface area contributed by atoms with Crippen LogP contribution in [0.1, 0.15) is 25.6 Å². The van der Waals surface area contributed by atoms with E-state index in [0.29, 0.717) is 17.0 Å². The summed E-state index contributed by atoms with van der Waals surface area (Å²) < 4.78 is 13.2. The summed E-state index contributed by atoms with van der Waals surface area (Å²) >= 11 is 12.2. The molecule has 0 aliphatic carbocycles. The van der Waals surface area contributed by atoms with Gasteiger partial charge in [0.1, 0.15) is 21.9 Å². The van der Waals surface area contributed by atoms with Crippen molar-refractivity contribution in [1.29, 1.82) is 0 Å². The first-order chi connectivity index (χ1) is 8.49. The molecule has 94 valence electrons. The van der Waals surface area contributed by atoms with Crippen molar-refractivity contribution in [1.82, 2.24) is 9.97 Å². The minimum atomic E-state index is -0.354. The van der Waals surface area contributed by atoms with Crippen LogP contribution < -0.4 is 0 Å². The van der Waals surface area contributed by atoms with Crippen molar-refractivity contribution in [2.75, 3.05) is 0 Å². The Kier molecular flexibility index (Phi) is 3.83. The number of hydrogen-bond donors (Lipinski definition) is 0. The average Bonchev–Trinajstić information content (AvgIpc) is 2.27. The van der Waals surface area contributed by atoms with Crippen LogP contribution >= 0.6 is 23.2 Å². The van der Waals surface area contributed by atoms with Gasteiger partial charge in [-0.2, -0.15) is 0 Å². The molecular formula is C13H11Cl2FN2. The molecular weight excluding hydrogens is 274 g/mol. The van der Waals surface area contributed by atoms with Crippen LogP contribution in [0.5, 0.6) is 0 Å². The quantitative estimate of drug-likeness (QED) is 0.746. The van der Waals surface area contributed by atoms with Crippen molar-refractivity contribution in [3.63, 3.8) is 0 Å². The van der Waals surface area contributed by atoms with E-state index in [1.807, 2.05) is 13.8 Å². The van der Waals surface area contributed by atoms with Crippen molar-refractivity contribution < 1.29 is 4.39 Å². The maximum atomic E-state index is 13.2. The molecule has 1 aromatic carbocycles. The van der Waals surface area contributed by atoms with Gasteiger partial charge in [-0.3, -0.25) is 0 Å². The molecule has 5 heteroatoms. The second-order valence-corrected chi connectivity index (χ2v) is 4.92. The lowest BCUT2D eigenvalue weighted by Crippen LogP contribution is -2.00. The molecule has 2 aromatic rings. The van der Waals surface area contributed by atoms with E-state index in [2.05, 4.69) is 9.97 Å². The number of benzene rings is 1. The Morgan fingerprint density at radius 2 is 1.72 bits per heavy atom. The molecule has 0 aliphatic heterocycles. The standard InChI is InChI=1S/C13H11Cl2FN2/c1-7(2)13-17-11(14)10(12(15)18-13)8-4-3-5-9(16)6-8/h3-7H,1-2H3. The molecule has 0 spiro atoms. The van der Waals surface area contributed by atoms with Crippen molar-refractivity contribution in [2.24, 2.45) is 0 Å². The molecule has 2 rings (SSSR count). The zero-order valence-corrected chi connectivity index (χ0v) is 11.4. The lowest BCUT2D eigenvalue weighted by Gasteiger charge is -2.10. The second kappa shape index (κ2) is 5.21. The molecule has 2 nitrogen and oxygen atoms in total. The van der Waals surface area contributed by atoms with Crippen LogP contribution in [0.2, 0.25) is 10.3 Å². The predicted molar refractivity (Wildman–Crippen MR) is 71.5 cm³/mol. The Bertz CT molecular complexity index is 562. The van der Waals surface area contributed by atoms with Gasteiger partial charge in [0, 0.05) is 5.92 Å². The highest BCUT2D eigenvalue weighted by Crippen LogP contribution is 2.33. The van der Waals surface area contributed by atoms with E-state index in [1.54, 1.807) is 12.1 Å². The van der Waals surface area contributed by atoms with Crippen LogP contribution in [0.25, 0.3) is 11.1 Å². The predicted octanol–water partition coefficient (Wildman–Crippen LogP) is 4.71. The average molecular weight is 285 g/mol. The molecule has 0 saturated carbocycles. The van der Waals surface area contributed by atoms with Gasteiger partial charge in [0.05, 0.1) is 5.56 Å². The van der Waals surface area contributed by atoms with Crippen molar-refractivity contribution in [3.05, 3.63) is 46.2 Å². The molecule has 0 bridgehead atoms. The highest BCUT2D eigenvalue weighted by Gasteiger charge is 2.15. The zero-order chi connectivity index (χ0) is 13.3. The Morgan fingerprint density at radius 3 is 2.22 bits per heavy atom. The SMILES string of the molecule is CC(C)c1nc(Cl)c(-c2cccc(F)c2)c(Cl)n1. The fourth-order valence-electron chi connectivity index (χ4n) is 1.56. The lowest BCUT2D eigenvalue weighted by atomic mass is 10.1. The molecule has 0 unspecified atom stereocenters. The highest BCUT2D eigenvalue weighted by atomic mass is 35.5. The van der Waals surface area contributed by atoms with Crippen LogP contribution in [0, 0.1) is 5.82 Å². The number of halogens is 3. The summed E-state index contributed by atoms with van der Waals surface area (Å²) in [6.07, 6.45) is 0. The summed E-state index contributed by atoms with van der Waals surface area (Å²) in [5.74, 6) is 0.347. The topological polar surface area (TPSA) is 25.8 Å². The smallest absolute Gasteiger partial charge is 0.142 e. The van der Waals surface area contributed by atoms with E-state index in [9.17, 15) is 4.39 Å². The fraction of sp³-hybridized carbons (Fsp3) is 0.231. The minimum absolute atomic E-state index is 0.126. The van der Waals surface area contributed by atoms with Crippen LogP contribution in [-0.2, 0) is 0 Å². The van der Waals surface area contributed by atoms with E-state index < -0.39 is 0 Å². The minimum Gasteiger partial charge on any atom is -0.220 e. The fourth-order valence-corrected chi connectivity index (χ4v) is 2.18. The number of nitrogens with zero attached hydrogens (tertiary/aromatic N) is 2. The van der Waals surface area contributed by atoms with Crippen molar-refractivity contribution in [3.8, 4) is 11.1 Å². The first-order valence-corrected chi connectivity index (χ1v) is 6.23. The molecule has 0 fully saturated rings. The van der Waals surface area contributed by atoms with Gasteiger partial charge >= 0.3 is 0 Å². The van der Waals surface area contributed by atoms with E-state index in [4.69, 9.17) is 23.2 Å². The Labute approximate surface area is 115 Å². The number of hydrogen-bond acceptors (Lipinski definition) is 2. The van der Waals surface area contributed by atoms with E-state index in [-0.39, 0.29) is 22.0 Å². The molecule has 0 radical (unpaired) electrons. The molecule has 18 heavy (non-hydrogen) atoms. The summed E-state index contributed by atoms with van der Waals surface area (Å²) in [6.45, 7) is 3.90. The third-order valence-electron chi connectivity index (χ3n) is 2.47. The second-order valence-electron chi connectivity index (χ2n) is 4.20. The third kappa shape index (κ3) is 2.62. The largest absolute Gasteiger partial charge is 0.220 e. The maximum Gasteiger partial charge on any atom is 0.142 e. The monoisotopic (exact) mass is 284 g/mol. The summed E-state index contributed by atoms with van der Waals surface area (Å²) in [7, 11) is 0. The Morgan fingerprint density at radius 1 is 1.11 bits per heavy atom.